The molecule has 0 saturated heterocycles. The molecule has 0 aliphatic carbocycles. The van der Waals surface area contributed by atoms with Gasteiger partial charge >= 0.3 is 0 Å². The summed E-state index contributed by atoms with van der Waals surface area (Å²) in [6.45, 7) is 4.90. The summed E-state index contributed by atoms with van der Waals surface area (Å²) in [6.07, 6.45) is 0.581. The highest BCUT2D eigenvalue weighted by Gasteiger charge is 2.07. The molecule has 3 N–H and O–H groups in total. The van der Waals surface area contributed by atoms with E-state index in [0.717, 1.165) is 11.3 Å². The standard InChI is InChI=1S/C21H27FN4O/c1-15(2)20(27)26-18-10-8-16(9-11-18)14-25-21(23-3)24-13-12-17-6-4-5-7-19(17)22/h4-11,15H,12-14H2,1-3H3,(H,26,27)(H2,23,24,25). The number of hydrogen-bond acceptors (Lipinski definition) is 2. The Morgan fingerprint density at radius 3 is 2.41 bits per heavy atom. The monoisotopic (exact) mass is 370 g/mol. The minimum Gasteiger partial charge on any atom is -0.356 e. The Balaban J connectivity index is 1.78. The maximum atomic E-state index is 13.6. The van der Waals surface area contributed by atoms with Gasteiger partial charge < -0.3 is 16.0 Å². The van der Waals surface area contributed by atoms with Crippen molar-refractivity contribution in [2.45, 2.75) is 26.8 Å². The minimum absolute atomic E-state index is 0.000306. The first kappa shape index (κ1) is 20.4. The number of amides is 1. The van der Waals surface area contributed by atoms with Gasteiger partial charge in [0.1, 0.15) is 5.82 Å². The Hall–Kier alpha value is -2.89. The third-order valence-electron chi connectivity index (χ3n) is 4.07. The molecular weight excluding hydrogens is 343 g/mol. The van der Waals surface area contributed by atoms with E-state index in [4.69, 9.17) is 0 Å². The molecule has 0 spiro atoms. The van der Waals surface area contributed by atoms with E-state index in [2.05, 4.69) is 20.9 Å². The van der Waals surface area contributed by atoms with Crippen molar-refractivity contribution in [2.75, 3.05) is 18.9 Å². The van der Waals surface area contributed by atoms with Crippen LogP contribution in [0.3, 0.4) is 0 Å². The van der Waals surface area contributed by atoms with E-state index >= 15 is 0 Å². The molecule has 0 aromatic heterocycles. The molecule has 2 rings (SSSR count). The second-order valence-corrected chi connectivity index (χ2v) is 6.53. The molecule has 0 aliphatic heterocycles. The van der Waals surface area contributed by atoms with Crippen LogP contribution in [0.15, 0.2) is 53.5 Å². The smallest absolute Gasteiger partial charge is 0.226 e. The Kier molecular flexibility index (Phi) is 7.79. The Bertz CT molecular complexity index is 772. The lowest BCUT2D eigenvalue weighted by molar-refractivity contribution is -0.118. The predicted molar refractivity (Wildman–Crippen MR) is 108 cm³/mol. The van der Waals surface area contributed by atoms with Gasteiger partial charge in [0.15, 0.2) is 5.96 Å². The van der Waals surface area contributed by atoms with Gasteiger partial charge in [0.05, 0.1) is 0 Å². The number of nitrogens with zero attached hydrogens (tertiary/aromatic N) is 1. The maximum absolute atomic E-state index is 13.6. The maximum Gasteiger partial charge on any atom is 0.226 e. The normalized spacial score (nSPS) is 11.4. The average molecular weight is 370 g/mol. The molecule has 0 radical (unpaired) electrons. The van der Waals surface area contributed by atoms with Gasteiger partial charge in [-0.2, -0.15) is 0 Å². The number of halogens is 1. The number of anilines is 1. The summed E-state index contributed by atoms with van der Waals surface area (Å²) < 4.78 is 13.6. The summed E-state index contributed by atoms with van der Waals surface area (Å²) >= 11 is 0. The van der Waals surface area contributed by atoms with Crippen LogP contribution in [0.2, 0.25) is 0 Å². The van der Waals surface area contributed by atoms with Gasteiger partial charge in [-0.1, -0.05) is 44.2 Å². The zero-order valence-electron chi connectivity index (χ0n) is 16.1. The van der Waals surface area contributed by atoms with Crippen LogP contribution in [0.1, 0.15) is 25.0 Å². The van der Waals surface area contributed by atoms with E-state index in [1.54, 1.807) is 19.2 Å². The molecule has 0 atom stereocenters. The van der Waals surface area contributed by atoms with Crippen LogP contribution in [0.5, 0.6) is 0 Å². The number of benzene rings is 2. The van der Waals surface area contributed by atoms with Crippen molar-refractivity contribution in [3.05, 3.63) is 65.5 Å². The zero-order valence-corrected chi connectivity index (χ0v) is 16.1. The van der Waals surface area contributed by atoms with Gasteiger partial charge in [0, 0.05) is 31.7 Å². The number of carbonyl (C=O) groups is 1. The van der Waals surface area contributed by atoms with Gasteiger partial charge in [-0.3, -0.25) is 9.79 Å². The van der Waals surface area contributed by atoms with Crippen molar-refractivity contribution in [3.8, 4) is 0 Å². The Morgan fingerprint density at radius 1 is 1.07 bits per heavy atom. The lowest BCUT2D eigenvalue weighted by atomic mass is 10.1. The SMILES string of the molecule is CN=C(NCCc1ccccc1F)NCc1ccc(NC(=O)C(C)C)cc1. The lowest BCUT2D eigenvalue weighted by Crippen LogP contribution is -2.37. The Morgan fingerprint density at radius 2 is 1.78 bits per heavy atom. The van der Waals surface area contributed by atoms with Crippen LogP contribution >= 0.6 is 0 Å². The van der Waals surface area contributed by atoms with E-state index in [1.807, 2.05) is 44.2 Å². The van der Waals surface area contributed by atoms with Gasteiger partial charge in [0.25, 0.3) is 0 Å². The fraction of sp³-hybridized carbons (Fsp3) is 0.333. The third-order valence-corrected chi connectivity index (χ3v) is 4.07. The first-order chi connectivity index (χ1) is 13.0. The molecule has 0 unspecified atom stereocenters. The number of carbonyl (C=O) groups excluding carboxylic acids is 1. The van der Waals surface area contributed by atoms with Crippen LogP contribution in [-0.4, -0.2) is 25.5 Å². The summed E-state index contributed by atoms with van der Waals surface area (Å²) in [7, 11) is 1.70. The minimum atomic E-state index is -0.188. The second kappa shape index (κ2) is 10.3. The summed E-state index contributed by atoms with van der Waals surface area (Å²) in [5, 5.41) is 9.27. The number of guanidine groups is 1. The first-order valence-corrected chi connectivity index (χ1v) is 9.07. The number of aliphatic imine (C=N–C) groups is 1. The van der Waals surface area contributed by atoms with Gasteiger partial charge in [-0.05, 0) is 35.7 Å². The molecule has 27 heavy (non-hydrogen) atoms. The fourth-order valence-electron chi connectivity index (χ4n) is 2.42. The molecule has 2 aromatic carbocycles. The quantitative estimate of drug-likeness (QED) is 0.517. The van der Waals surface area contributed by atoms with Gasteiger partial charge in [-0.15, -0.1) is 0 Å². The van der Waals surface area contributed by atoms with Crippen molar-refractivity contribution >= 4 is 17.6 Å². The van der Waals surface area contributed by atoms with E-state index < -0.39 is 0 Å². The van der Waals surface area contributed by atoms with Crippen LogP contribution in [0.25, 0.3) is 0 Å². The molecule has 144 valence electrons. The summed E-state index contributed by atoms with van der Waals surface area (Å²) in [4.78, 5) is 15.9. The van der Waals surface area contributed by atoms with E-state index in [1.165, 1.54) is 6.07 Å². The molecular formula is C21H27FN4O. The Labute approximate surface area is 160 Å². The molecule has 0 bridgehead atoms. The van der Waals surface area contributed by atoms with Crippen LogP contribution < -0.4 is 16.0 Å². The second-order valence-electron chi connectivity index (χ2n) is 6.53. The molecule has 2 aromatic rings. The third kappa shape index (κ3) is 6.73. The van der Waals surface area contributed by atoms with Gasteiger partial charge in [-0.25, -0.2) is 4.39 Å². The van der Waals surface area contributed by atoms with Crippen molar-refractivity contribution in [1.29, 1.82) is 0 Å². The number of nitrogens with one attached hydrogen (secondary N) is 3. The highest BCUT2D eigenvalue weighted by Crippen LogP contribution is 2.11. The highest BCUT2D eigenvalue weighted by molar-refractivity contribution is 5.92. The average Bonchev–Trinajstić information content (AvgIpc) is 2.67. The first-order valence-electron chi connectivity index (χ1n) is 9.07. The molecule has 6 heteroatoms. The summed E-state index contributed by atoms with van der Waals surface area (Å²) in [5.41, 5.74) is 2.53. The molecule has 5 nitrogen and oxygen atoms in total. The van der Waals surface area contributed by atoms with Crippen molar-refractivity contribution in [1.82, 2.24) is 10.6 Å². The topological polar surface area (TPSA) is 65.5 Å². The number of rotatable bonds is 7. The van der Waals surface area contributed by atoms with Gasteiger partial charge in [0.2, 0.25) is 5.91 Å². The van der Waals surface area contributed by atoms with E-state index in [-0.39, 0.29) is 17.6 Å². The van der Waals surface area contributed by atoms with Crippen molar-refractivity contribution in [3.63, 3.8) is 0 Å². The van der Waals surface area contributed by atoms with Crippen LogP contribution in [0.4, 0.5) is 10.1 Å². The number of hydrogen-bond donors (Lipinski definition) is 3. The van der Waals surface area contributed by atoms with E-state index in [0.29, 0.717) is 31.0 Å². The summed E-state index contributed by atoms with van der Waals surface area (Å²) in [5.74, 6) is 0.417. The highest BCUT2D eigenvalue weighted by atomic mass is 19.1. The van der Waals surface area contributed by atoms with Crippen LogP contribution in [0, 0.1) is 11.7 Å². The molecule has 1 amide bonds. The molecule has 0 heterocycles. The molecule has 0 fully saturated rings. The zero-order chi connectivity index (χ0) is 19.6. The largest absolute Gasteiger partial charge is 0.356 e. The molecule has 0 saturated carbocycles. The van der Waals surface area contributed by atoms with Crippen LogP contribution in [-0.2, 0) is 17.8 Å². The predicted octanol–water partition coefficient (Wildman–Crippen LogP) is 3.33. The van der Waals surface area contributed by atoms with Crippen molar-refractivity contribution in [2.24, 2.45) is 10.9 Å². The van der Waals surface area contributed by atoms with Crippen molar-refractivity contribution < 1.29 is 9.18 Å². The fourth-order valence-corrected chi connectivity index (χ4v) is 2.42. The summed E-state index contributed by atoms with van der Waals surface area (Å²) in [6, 6.07) is 14.4. The lowest BCUT2D eigenvalue weighted by Gasteiger charge is -2.13. The van der Waals surface area contributed by atoms with E-state index in [9.17, 15) is 9.18 Å². The molecule has 0 aliphatic rings.